The first-order chi connectivity index (χ1) is 35.4. The molecule has 1 fully saturated rings. The molecule has 0 spiro atoms. The number of aliphatic hydroxyl groups excluding tert-OH is 4. The van der Waals surface area contributed by atoms with Gasteiger partial charge in [-0.05, 0) is 103 Å². The molecule has 9 heteroatoms. The van der Waals surface area contributed by atoms with Gasteiger partial charge in [-0.1, -0.05) is 218 Å². The molecule has 408 valence electrons. The van der Waals surface area contributed by atoms with Crippen LogP contribution in [0.15, 0.2) is 134 Å². The van der Waals surface area contributed by atoms with Gasteiger partial charge in [-0.25, -0.2) is 0 Å². The van der Waals surface area contributed by atoms with Gasteiger partial charge in [0, 0.05) is 13.0 Å². The summed E-state index contributed by atoms with van der Waals surface area (Å²) in [5.41, 5.74) is 0. The minimum atomic E-state index is -1.56. The number of carbonyl (C=O) groups excluding carboxylic acids is 1. The smallest absolute Gasteiger partial charge is 0.306 e. The first-order valence-electron chi connectivity index (χ1n) is 28.3. The molecule has 0 aromatic heterocycles. The third kappa shape index (κ3) is 41.8. The molecule has 1 saturated heterocycles. The van der Waals surface area contributed by atoms with Crippen molar-refractivity contribution >= 4 is 5.97 Å². The molecule has 0 aromatic rings. The van der Waals surface area contributed by atoms with Crippen molar-refractivity contribution in [1.82, 2.24) is 0 Å². The molecule has 72 heavy (non-hydrogen) atoms. The predicted molar refractivity (Wildman–Crippen MR) is 302 cm³/mol. The minimum absolute atomic E-state index is 0.111. The van der Waals surface area contributed by atoms with Crippen LogP contribution < -0.4 is 0 Å². The Morgan fingerprint density at radius 2 is 0.806 bits per heavy atom. The van der Waals surface area contributed by atoms with Gasteiger partial charge in [-0.3, -0.25) is 4.79 Å². The van der Waals surface area contributed by atoms with Gasteiger partial charge in [0.05, 0.1) is 19.8 Å². The third-order valence-corrected chi connectivity index (χ3v) is 12.1. The minimum Gasteiger partial charge on any atom is -0.457 e. The second-order valence-electron chi connectivity index (χ2n) is 18.6. The van der Waals surface area contributed by atoms with Crippen LogP contribution in [0.5, 0.6) is 0 Å². The van der Waals surface area contributed by atoms with Crippen LogP contribution in [0.1, 0.15) is 194 Å². The largest absolute Gasteiger partial charge is 0.457 e. The molecule has 6 unspecified atom stereocenters. The number of esters is 1. The molecule has 6 atom stereocenters. The number of allylic oxidation sites excluding steroid dienone is 22. The highest BCUT2D eigenvalue weighted by Gasteiger charge is 2.44. The van der Waals surface area contributed by atoms with Crippen LogP contribution in [0.4, 0.5) is 0 Å². The average molecular weight is 1000 g/mol. The van der Waals surface area contributed by atoms with Crippen LogP contribution in [-0.2, 0) is 23.7 Å². The summed E-state index contributed by atoms with van der Waals surface area (Å²) < 4.78 is 22.9. The highest BCUT2D eigenvalue weighted by molar-refractivity contribution is 5.69. The van der Waals surface area contributed by atoms with Gasteiger partial charge < -0.3 is 39.4 Å². The van der Waals surface area contributed by atoms with Crippen molar-refractivity contribution in [2.24, 2.45) is 0 Å². The lowest BCUT2D eigenvalue weighted by Crippen LogP contribution is -2.59. The Morgan fingerprint density at radius 1 is 0.444 bits per heavy atom. The topological polar surface area (TPSA) is 135 Å². The van der Waals surface area contributed by atoms with E-state index in [0.717, 1.165) is 96.3 Å². The van der Waals surface area contributed by atoms with Gasteiger partial charge in [-0.2, -0.15) is 0 Å². The quantitative estimate of drug-likeness (QED) is 0.0267. The van der Waals surface area contributed by atoms with E-state index >= 15 is 0 Å². The molecule has 0 amide bonds. The van der Waals surface area contributed by atoms with E-state index in [1.165, 1.54) is 70.6 Å². The van der Waals surface area contributed by atoms with E-state index in [1.54, 1.807) is 0 Å². The molecule has 0 aliphatic carbocycles. The van der Waals surface area contributed by atoms with Crippen molar-refractivity contribution in [3.8, 4) is 0 Å². The SMILES string of the molecule is CC/C=C\C/C=C\C/C=C\C/C=C\C/C=C\C/C=C\C/C=C\CCCC(=O)OC(COCCCCCCCCCCCCCCC/C=C\C/C=C\C/C=C\C/C=C\CC)COC1OC(CO)C(O)C(O)C1O. The van der Waals surface area contributed by atoms with E-state index in [9.17, 15) is 25.2 Å². The van der Waals surface area contributed by atoms with E-state index in [4.69, 9.17) is 18.9 Å². The molecule has 1 aliphatic rings. The lowest BCUT2D eigenvalue weighted by molar-refractivity contribution is -0.305. The Balaban J connectivity index is 2.22. The summed E-state index contributed by atoms with van der Waals surface area (Å²) >= 11 is 0. The second-order valence-corrected chi connectivity index (χ2v) is 18.6. The zero-order valence-corrected chi connectivity index (χ0v) is 45.1. The maximum atomic E-state index is 12.9. The van der Waals surface area contributed by atoms with Crippen molar-refractivity contribution in [1.29, 1.82) is 0 Å². The summed E-state index contributed by atoms with van der Waals surface area (Å²) in [6.45, 7) is 4.25. The van der Waals surface area contributed by atoms with Crippen molar-refractivity contribution in [3.63, 3.8) is 0 Å². The molecule has 1 heterocycles. The van der Waals surface area contributed by atoms with Crippen molar-refractivity contribution in [3.05, 3.63) is 134 Å². The summed E-state index contributed by atoms with van der Waals surface area (Å²) in [4.78, 5) is 12.9. The Kier molecular flexibility index (Phi) is 48.1. The van der Waals surface area contributed by atoms with Crippen molar-refractivity contribution < 1.29 is 44.2 Å². The van der Waals surface area contributed by atoms with Crippen molar-refractivity contribution in [2.45, 2.75) is 230 Å². The number of rotatable bonds is 47. The van der Waals surface area contributed by atoms with Gasteiger partial charge in [-0.15, -0.1) is 0 Å². The number of hydrogen-bond donors (Lipinski definition) is 4. The summed E-state index contributed by atoms with van der Waals surface area (Å²) in [5, 5.41) is 40.3. The van der Waals surface area contributed by atoms with Crippen LogP contribution >= 0.6 is 0 Å². The monoisotopic (exact) mass is 1000 g/mol. The maximum absolute atomic E-state index is 12.9. The van der Waals surface area contributed by atoms with Crippen LogP contribution in [0.2, 0.25) is 0 Å². The number of hydrogen-bond acceptors (Lipinski definition) is 9. The fraction of sp³-hybridized carbons (Fsp3) is 0.635. The molecule has 1 rings (SSSR count). The number of carbonyl (C=O) groups is 1. The highest BCUT2D eigenvalue weighted by atomic mass is 16.7. The Morgan fingerprint density at radius 3 is 1.21 bits per heavy atom. The molecule has 4 N–H and O–H groups in total. The van der Waals surface area contributed by atoms with Gasteiger partial charge in [0.1, 0.15) is 30.5 Å². The van der Waals surface area contributed by atoms with Gasteiger partial charge in [0.15, 0.2) is 6.29 Å². The normalized spacial score (nSPS) is 19.8. The Hall–Kier alpha value is -3.67. The summed E-state index contributed by atoms with van der Waals surface area (Å²) in [6, 6.07) is 0. The molecular weight excluding hydrogens is 901 g/mol. The predicted octanol–water partition coefficient (Wildman–Crippen LogP) is 14.8. The summed E-state index contributed by atoms with van der Waals surface area (Å²) in [5.74, 6) is -0.375. The number of ether oxygens (including phenoxy) is 4. The van der Waals surface area contributed by atoms with E-state index in [-0.39, 0.29) is 25.6 Å². The zero-order valence-electron chi connectivity index (χ0n) is 45.1. The standard InChI is InChI=1S/C63H102O9/c1-3-5-7-9-11-13-15-17-19-21-23-25-27-28-29-31-33-35-37-39-41-43-45-47-49-51-53-69-55-57(56-70-63-62(68)61(67)60(66)58(54-64)72-63)71-59(65)52-50-48-46-44-42-40-38-36-34-32-30-26-24-22-20-18-16-14-12-10-8-6-4-2/h5-8,11-14,17-20,23-26,32,34,38,40,44,46,57-58,60-64,66-68H,3-4,9-10,15-16,21-22,27-31,33,35-37,39,41-43,45,47-56H2,1-2H3/b7-5-,8-6-,13-11-,14-12-,19-17-,20-18-,25-23-,26-24-,34-32-,40-38-,46-44-. The molecule has 0 bridgehead atoms. The van der Waals surface area contributed by atoms with Crippen molar-refractivity contribution in [2.75, 3.05) is 26.4 Å². The Labute approximate surface area is 439 Å². The molecular formula is C63H102O9. The van der Waals surface area contributed by atoms with E-state index in [1.807, 2.05) is 0 Å². The Bertz CT molecular complexity index is 1560. The lowest BCUT2D eigenvalue weighted by atomic mass is 9.99. The molecule has 0 radical (unpaired) electrons. The van der Waals surface area contributed by atoms with E-state index in [2.05, 4.69) is 148 Å². The lowest BCUT2D eigenvalue weighted by Gasteiger charge is -2.39. The first-order valence-corrected chi connectivity index (χ1v) is 28.3. The first kappa shape index (κ1) is 66.3. The third-order valence-electron chi connectivity index (χ3n) is 12.1. The van der Waals surface area contributed by atoms with Crippen LogP contribution in [0.3, 0.4) is 0 Å². The summed E-state index contributed by atoms with van der Waals surface area (Å²) in [7, 11) is 0. The molecule has 1 aliphatic heterocycles. The molecule has 9 nitrogen and oxygen atoms in total. The van der Waals surface area contributed by atoms with Gasteiger partial charge in [0.2, 0.25) is 0 Å². The molecule has 0 saturated carbocycles. The second kappa shape index (κ2) is 52.2. The number of unbranched alkanes of at least 4 members (excludes halogenated alkanes) is 14. The van der Waals surface area contributed by atoms with Gasteiger partial charge in [0.25, 0.3) is 0 Å². The highest BCUT2D eigenvalue weighted by Crippen LogP contribution is 2.22. The van der Waals surface area contributed by atoms with Crippen LogP contribution in [0, 0.1) is 0 Å². The summed E-state index contributed by atoms with van der Waals surface area (Å²) in [6.07, 6.45) is 70.7. The van der Waals surface area contributed by atoms with Crippen LogP contribution in [-0.4, -0.2) is 89.6 Å². The molecule has 0 aromatic carbocycles. The number of aliphatic hydroxyl groups is 4. The van der Waals surface area contributed by atoms with E-state index in [0.29, 0.717) is 13.0 Å². The fourth-order valence-electron chi connectivity index (χ4n) is 7.77. The fourth-order valence-corrected chi connectivity index (χ4v) is 7.77. The average Bonchev–Trinajstić information content (AvgIpc) is 3.38. The van der Waals surface area contributed by atoms with Gasteiger partial charge >= 0.3 is 5.97 Å². The maximum Gasteiger partial charge on any atom is 0.306 e. The van der Waals surface area contributed by atoms with Crippen LogP contribution in [0.25, 0.3) is 0 Å². The van der Waals surface area contributed by atoms with E-state index < -0.39 is 43.4 Å². The zero-order chi connectivity index (χ0) is 52.1.